The smallest absolute Gasteiger partial charge is 0.313 e. The summed E-state index contributed by atoms with van der Waals surface area (Å²) in [5.74, 6) is -4.00. The number of fused-ring (bicyclic) bond motifs is 1. The summed E-state index contributed by atoms with van der Waals surface area (Å²) in [5.41, 5.74) is 12.9. The Labute approximate surface area is 226 Å². The second kappa shape index (κ2) is 11.0. The number of nitrogens with two attached hydrogens (primary N) is 2. The fourth-order valence-corrected chi connectivity index (χ4v) is 4.23. The number of amidine groups is 1. The normalized spacial score (nSPS) is 12.2. The van der Waals surface area contributed by atoms with Gasteiger partial charge in [-0.2, -0.15) is 0 Å². The predicted molar refractivity (Wildman–Crippen MR) is 143 cm³/mol. The number of rotatable bonds is 8. The van der Waals surface area contributed by atoms with E-state index in [2.05, 4.69) is 15.1 Å². The number of amides is 1. The van der Waals surface area contributed by atoms with Crippen LogP contribution < -0.4 is 11.5 Å². The second-order valence-electron chi connectivity index (χ2n) is 8.72. The van der Waals surface area contributed by atoms with Crippen molar-refractivity contribution in [3.63, 3.8) is 0 Å². The lowest BCUT2D eigenvalue weighted by Gasteiger charge is -2.18. The van der Waals surface area contributed by atoms with E-state index in [-0.39, 0.29) is 57.4 Å². The molecule has 3 aromatic carbocycles. The number of aromatic hydroxyl groups is 2. The summed E-state index contributed by atoms with van der Waals surface area (Å²) in [5, 5.41) is 34.1. The standard InChI is InChI=1S/C27H25N5O8/c1-39-22(34)11-15(27(37)40-2)14-8-17(16-7-13(25(29)36)4-6-21(16)33)23(35)18(9-14)26-30-19-5-3-12(24(28)32-38)10-20(19)31-26/h3-10,15,33,35,38H,11H2,1-2H3,(H2,28,32)(H2,29,36)(H,30,31). The number of aromatic amines is 1. The van der Waals surface area contributed by atoms with E-state index in [0.29, 0.717) is 16.6 Å². The molecule has 0 aliphatic heterocycles. The largest absolute Gasteiger partial charge is 0.507 e. The molecule has 1 amide bonds. The molecule has 0 saturated heterocycles. The molecule has 0 bridgehead atoms. The highest BCUT2D eigenvalue weighted by molar-refractivity contribution is 6.00. The van der Waals surface area contributed by atoms with Crippen molar-refractivity contribution in [3.05, 3.63) is 65.2 Å². The number of esters is 2. The molecule has 1 atom stereocenters. The number of nitrogens with one attached hydrogen (secondary N) is 1. The molecule has 0 aliphatic rings. The zero-order valence-electron chi connectivity index (χ0n) is 21.3. The van der Waals surface area contributed by atoms with Crippen molar-refractivity contribution >= 4 is 34.7 Å². The van der Waals surface area contributed by atoms with Crippen LogP contribution in [0, 0.1) is 0 Å². The van der Waals surface area contributed by atoms with Crippen LogP contribution in [0.3, 0.4) is 0 Å². The Morgan fingerprint density at radius 1 is 0.950 bits per heavy atom. The summed E-state index contributed by atoms with van der Waals surface area (Å²) in [6.07, 6.45) is -0.386. The Morgan fingerprint density at radius 2 is 1.65 bits per heavy atom. The number of ether oxygens (including phenoxy) is 2. The fraction of sp³-hybridized carbons (Fsp3) is 0.148. The molecule has 1 unspecified atom stereocenters. The van der Waals surface area contributed by atoms with Gasteiger partial charge in [-0.25, -0.2) is 4.98 Å². The van der Waals surface area contributed by atoms with Gasteiger partial charge in [0.05, 0.1) is 43.2 Å². The number of hydrogen-bond donors (Lipinski definition) is 6. The van der Waals surface area contributed by atoms with Crippen molar-refractivity contribution in [1.82, 2.24) is 9.97 Å². The SMILES string of the molecule is COC(=O)CC(C(=O)OC)c1cc(-c2nc3ccc(/C(N)=N/O)cc3[nH]2)c(O)c(-c2cc(C(N)=O)ccc2O)c1. The molecule has 4 aromatic rings. The van der Waals surface area contributed by atoms with Crippen molar-refractivity contribution in [3.8, 4) is 34.0 Å². The number of nitrogens with zero attached hydrogens (tertiary/aromatic N) is 2. The first-order valence-corrected chi connectivity index (χ1v) is 11.7. The monoisotopic (exact) mass is 547 g/mol. The van der Waals surface area contributed by atoms with Crippen LogP contribution in [-0.4, -0.2) is 63.3 Å². The molecule has 13 nitrogen and oxygen atoms in total. The molecule has 8 N–H and O–H groups in total. The van der Waals surface area contributed by atoms with E-state index < -0.39 is 23.8 Å². The van der Waals surface area contributed by atoms with Gasteiger partial charge in [0, 0.05) is 22.3 Å². The molecule has 0 fully saturated rings. The maximum atomic E-state index is 12.8. The molecular weight excluding hydrogens is 522 g/mol. The molecule has 0 saturated carbocycles. The van der Waals surface area contributed by atoms with E-state index in [9.17, 15) is 24.6 Å². The number of hydrogen-bond acceptors (Lipinski definition) is 10. The van der Waals surface area contributed by atoms with Gasteiger partial charge in [0.25, 0.3) is 0 Å². The molecule has 40 heavy (non-hydrogen) atoms. The van der Waals surface area contributed by atoms with Gasteiger partial charge < -0.3 is 41.3 Å². The lowest BCUT2D eigenvalue weighted by molar-refractivity contribution is -0.149. The van der Waals surface area contributed by atoms with Crippen LogP contribution in [0.1, 0.15) is 33.8 Å². The van der Waals surface area contributed by atoms with Gasteiger partial charge >= 0.3 is 11.9 Å². The highest BCUT2D eigenvalue weighted by atomic mass is 16.5. The number of oxime groups is 1. The minimum absolute atomic E-state index is 0.0182. The molecule has 0 spiro atoms. The Kier molecular flexibility index (Phi) is 7.57. The van der Waals surface area contributed by atoms with Gasteiger partial charge in [0.2, 0.25) is 5.91 Å². The van der Waals surface area contributed by atoms with Crippen LogP contribution in [0.25, 0.3) is 33.5 Å². The average molecular weight is 548 g/mol. The van der Waals surface area contributed by atoms with E-state index in [1.807, 2.05) is 0 Å². The summed E-state index contributed by atoms with van der Waals surface area (Å²) < 4.78 is 9.66. The van der Waals surface area contributed by atoms with Crippen LogP contribution in [0.15, 0.2) is 53.7 Å². The summed E-state index contributed by atoms with van der Waals surface area (Å²) in [6.45, 7) is 0. The van der Waals surface area contributed by atoms with Crippen LogP contribution in [0.4, 0.5) is 0 Å². The topological polar surface area (TPSA) is 223 Å². The highest BCUT2D eigenvalue weighted by Crippen LogP contribution is 2.44. The summed E-state index contributed by atoms with van der Waals surface area (Å²) in [4.78, 5) is 44.3. The molecule has 13 heteroatoms. The van der Waals surface area contributed by atoms with Crippen molar-refractivity contribution < 1.29 is 39.3 Å². The maximum absolute atomic E-state index is 12.8. The van der Waals surface area contributed by atoms with Crippen molar-refractivity contribution in [2.75, 3.05) is 14.2 Å². The zero-order valence-corrected chi connectivity index (χ0v) is 21.3. The van der Waals surface area contributed by atoms with E-state index in [4.69, 9.17) is 26.1 Å². The average Bonchev–Trinajstić information content (AvgIpc) is 3.38. The maximum Gasteiger partial charge on any atom is 0.313 e. The number of primary amides is 1. The van der Waals surface area contributed by atoms with Crippen molar-refractivity contribution in [2.45, 2.75) is 12.3 Å². The number of phenols is 2. The molecule has 1 aromatic heterocycles. The number of methoxy groups -OCH3 is 2. The number of phenolic OH excluding ortho intramolecular Hbond substituents is 2. The molecule has 206 valence electrons. The zero-order chi connectivity index (χ0) is 29.1. The Bertz CT molecular complexity index is 1680. The molecule has 4 rings (SSSR count). The van der Waals surface area contributed by atoms with Gasteiger partial charge in [0.1, 0.15) is 17.3 Å². The summed E-state index contributed by atoms with van der Waals surface area (Å²) >= 11 is 0. The fourth-order valence-electron chi connectivity index (χ4n) is 4.23. The van der Waals surface area contributed by atoms with Gasteiger partial charge in [-0.15, -0.1) is 0 Å². The van der Waals surface area contributed by atoms with E-state index in [0.717, 1.165) is 7.11 Å². The number of carbonyl (C=O) groups excluding carboxylic acids is 3. The van der Waals surface area contributed by atoms with Crippen molar-refractivity contribution in [1.29, 1.82) is 0 Å². The van der Waals surface area contributed by atoms with E-state index in [1.54, 1.807) is 18.2 Å². The first-order chi connectivity index (χ1) is 19.1. The van der Waals surface area contributed by atoms with Gasteiger partial charge in [-0.3, -0.25) is 14.4 Å². The molecule has 0 aliphatic carbocycles. The van der Waals surface area contributed by atoms with Crippen LogP contribution in [0.2, 0.25) is 0 Å². The van der Waals surface area contributed by atoms with E-state index in [1.165, 1.54) is 37.4 Å². The number of carbonyl (C=O) groups is 3. The Hall–Kier alpha value is -5.59. The van der Waals surface area contributed by atoms with Gasteiger partial charge in [-0.05, 0) is 54.1 Å². The predicted octanol–water partition coefficient (Wildman–Crippen LogP) is 2.32. The number of benzene rings is 3. The first kappa shape index (κ1) is 27.4. The quantitative estimate of drug-likeness (QED) is 0.0620. The number of imidazole rings is 1. The lowest BCUT2D eigenvalue weighted by atomic mass is 9.89. The number of H-pyrrole nitrogens is 1. The highest BCUT2D eigenvalue weighted by Gasteiger charge is 2.29. The van der Waals surface area contributed by atoms with Crippen LogP contribution in [0.5, 0.6) is 11.5 Å². The lowest BCUT2D eigenvalue weighted by Crippen LogP contribution is -2.19. The molecular formula is C27H25N5O8. The summed E-state index contributed by atoms with van der Waals surface area (Å²) in [6, 6.07) is 11.5. The first-order valence-electron chi connectivity index (χ1n) is 11.7. The second-order valence-corrected chi connectivity index (χ2v) is 8.72. The minimum atomic E-state index is -1.16. The molecule has 1 heterocycles. The Balaban J connectivity index is 2.01. The minimum Gasteiger partial charge on any atom is -0.507 e. The van der Waals surface area contributed by atoms with Crippen molar-refractivity contribution in [2.24, 2.45) is 16.6 Å². The third-order valence-electron chi connectivity index (χ3n) is 6.33. The van der Waals surface area contributed by atoms with Gasteiger partial charge in [0.15, 0.2) is 5.84 Å². The van der Waals surface area contributed by atoms with Crippen LogP contribution in [-0.2, 0) is 19.1 Å². The van der Waals surface area contributed by atoms with Gasteiger partial charge in [-0.1, -0.05) is 5.16 Å². The summed E-state index contributed by atoms with van der Waals surface area (Å²) in [7, 11) is 2.34. The third kappa shape index (κ3) is 5.20. The Morgan fingerprint density at radius 3 is 2.30 bits per heavy atom. The molecule has 0 radical (unpaired) electrons. The number of aromatic nitrogens is 2. The van der Waals surface area contributed by atoms with Crippen LogP contribution >= 0.6 is 0 Å². The third-order valence-corrected chi connectivity index (χ3v) is 6.33. The van der Waals surface area contributed by atoms with E-state index >= 15 is 0 Å².